The van der Waals surface area contributed by atoms with Crippen LogP contribution in [0.2, 0.25) is 0 Å². The summed E-state index contributed by atoms with van der Waals surface area (Å²) in [5, 5.41) is 32.0. The molecule has 0 saturated heterocycles. The zero-order valence-electron chi connectivity index (χ0n) is 20.5. The fourth-order valence-electron chi connectivity index (χ4n) is 5.44. The van der Waals surface area contributed by atoms with Crippen molar-refractivity contribution in [2.75, 3.05) is 25.6 Å². The molecule has 0 amide bonds. The zero-order valence-corrected chi connectivity index (χ0v) is 20.5. The summed E-state index contributed by atoms with van der Waals surface area (Å²) in [4.78, 5) is 39.9. The highest BCUT2D eigenvalue weighted by atomic mass is 16.3. The molecule has 0 aromatic heterocycles. The molecule has 7 nitrogen and oxygen atoms in total. The predicted octanol–water partition coefficient (Wildman–Crippen LogP) is 3.54. The van der Waals surface area contributed by atoms with Crippen LogP contribution >= 0.6 is 0 Å². The molecule has 34 heavy (non-hydrogen) atoms. The molecule has 1 aromatic carbocycles. The molecule has 184 valence electrons. The van der Waals surface area contributed by atoms with Crippen LogP contribution in [0.25, 0.3) is 5.76 Å². The van der Waals surface area contributed by atoms with Gasteiger partial charge in [-0.25, -0.2) is 0 Å². The Hall–Kier alpha value is -2.93. The number of Topliss-reactive ketones (excluding diaryl/α,β-unsaturated/α-hetero) is 3. The van der Waals surface area contributed by atoms with Crippen LogP contribution in [0.4, 0.5) is 5.69 Å². The first-order valence-electron chi connectivity index (χ1n) is 11.8. The van der Waals surface area contributed by atoms with E-state index in [2.05, 4.69) is 6.58 Å². The average molecular weight is 470 g/mol. The number of anilines is 1. The predicted molar refractivity (Wildman–Crippen MR) is 131 cm³/mol. The molecule has 3 unspecified atom stereocenters. The number of phenolic OH excluding ortho intramolecular Hbond substituents is 1. The van der Waals surface area contributed by atoms with Crippen LogP contribution in [0.15, 0.2) is 23.8 Å². The number of carbonyl (C=O) groups excluding carboxylic acids is 3. The maximum Gasteiger partial charge on any atom is 0.173 e. The van der Waals surface area contributed by atoms with Gasteiger partial charge >= 0.3 is 0 Å². The van der Waals surface area contributed by atoms with E-state index in [1.165, 1.54) is 6.92 Å². The SMILES string of the molecule is C=C(C)CCc1cc(N(C)C)c2c(c1O)C(O)=C1C(=O)C(C(=O)CC(C)=O)C(CCO)CC1C2. The van der Waals surface area contributed by atoms with Gasteiger partial charge in [0.25, 0.3) is 0 Å². The zero-order chi connectivity index (χ0) is 25.3. The molecule has 2 aliphatic carbocycles. The van der Waals surface area contributed by atoms with Gasteiger partial charge in [-0.05, 0) is 75.0 Å². The second kappa shape index (κ2) is 10.1. The fraction of sp³-hybridized carbons (Fsp3) is 0.519. The van der Waals surface area contributed by atoms with Gasteiger partial charge in [-0.1, -0.05) is 5.57 Å². The van der Waals surface area contributed by atoms with E-state index in [9.17, 15) is 29.7 Å². The maximum absolute atomic E-state index is 13.6. The number of phenols is 1. The van der Waals surface area contributed by atoms with Crippen molar-refractivity contribution >= 4 is 28.8 Å². The van der Waals surface area contributed by atoms with Crippen LogP contribution in [0.1, 0.15) is 56.2 Å². The van der Waals surface area contributed by atoms with Crippen molar-refractivity contribution in [1.29, 1.82) is 0 Å². The van der Waals surface area contributed by atoms with Crippen LogP contribution in [-0.4, -0.2) is 53.4 Å². The van der Waals surface area contributed by atoms with Gasteiger partial charge in [0, 0.05) is 32.0 Å². The van der Waals surface area contributed by atoms with Crippen molar-refractivity contribution in [2.45, 2.75) is 52.4 Å². The Balaban J connectivity index is 2.17. The highest BCUT2D eigenvalue weighted by Crippen LogP contribution is 2.50. The topological polar surface area (TPSA) is 115 Å². The number of fused-ring (bicyclic) bond motifs is 2. The molecule has 2 aliphatic rings. The van der Waals surface area contributed by atoms with Crippen molar-refractivity contribution in [1.82, 2.24) is 0 Å². The van der Waals surface area contributed by atoms with Gasteiger partial charge in [0.15, 0.2) is 11.6 Å². The summed E-state index contributed by atoms with van der Waals surface area (Å²) in [6.45, 7) is 6.96. The molecule has 1 fully saturated rings. The molecular weight excluding hydrogens is 434 g/mol. The number of benzene rings is 1. The number of aromatic hydroxyl groups is 1. The van der Waals surface area contributed by atoms with Crippen molar-refractivity contribution < 1.29 is 29.7 Å². The van der Waals surface area contributed by atoms with Crippen LogP contribution in [-0.2, 0) is 27.2 Å². The summed E-state index contributed by atoms with van der Waals surface area (Å²) in [5.41, 5.74) is 3.64. The smallest absolute Gasteiger partial charge is 0.173 e. The molecule has 3 rings (SSSR count). The number of aliphatic hydroxyl groups excluding tert-OH is 2. The first-order valence-corrected chi connectivity index (χ1v) is 11.8. The summed E-state index contributed by atoms with van der Waals surface area (Å²) in [7, 11) is 3.78. The lowest BCUT2D eigenvalue weighted by molar-refractivity contribution is -0.137. The monoisotopic (exact) mass is 469 g/mol. The Labute approximate surface area is 200 Å². The van der Waals surface area contributed by atoms with E-state index in [-0.39, 0.29) is 53.8 Å². The average Bonchev–Trinajstić information content (AvgIpc) is 2.72. The minimum Gasteiger partial charge on any atom is -0.507 e. The first-order chi connectivity index (χ1) is 16.0. The van der Waals surface area contributed by atoms with Crippen molar-refractivity contribution in [3.8, 4) is 5.75 Å². The van der Waals surface area contributed by atoms with E-state index in [0.717, 1.165) is 16.8 Å². The Morgan fingerprint density at radius 1 is 1.21 bits per heavy atom. The molecule has 3 atom stereocenters. The minimum atomic E-state index is -1.08. The van der Waals surface area contributed by atoms with Gasteiger partial charge in [-0.15, -0.1) is 6.58 Å². The molecule has 3 N–H and O–H groups in total. The Kier molecular flexibility index (Phi) is 7.66. The summed E-state index contributed by atoms with van der Waals surface area (Å²) >= 11 is 0. The molecule has 0 aliphatic heterocycles. The van der Waals surface area contributed by atoms with Gasteiger partial charge in [-0.3, -0.25) is 14.4 Å². The summed E-state index contributed by atoms with van der Waals surface area (Å²) in [6, 6.07) is 1.92. The first kappa shape index (κ1) is 25.7. The van der Waals surface area contributed by atoms with Crippen molar-refractivity contribution in [3.05, 3.63) is 40.5 Å². The van der Waals surface area contributed by atoms with Gasteiger partial charge in [-0.2, -0.15) is 0 Å². The molecule has 1 saturated carbocycles. The number of rotatable bonds is 9. The Bertz CT molecular complexity index is 1070. The van der Waals surface area contributed by atoms with Crippen molar-refractivity contribution in [2.24, 2.45) is 17.8 Å². The number of hydrogen-bond acceptors (Lipinski definition) is 7. The van der Waals surface area contributed by atoms with Gasteiger partial charge in [0.05, 0.1) is 17.9 Å². The number of aliphatic hydroxyl groups is 2. The number of hydrogen-bond donors (Lipinski definition) is 3. The fourth-order valence-corrected chi connectivity index (χ4v) is 5.44. The lowest BCUT2D eigenvalue weighted by Crippen LogP contribution is -2.43. The van der Waals surface area contributed by atoms with Crippen molar-refractivity contribution in [3.63, 3.8) is 0 Å². The lowest BCUT2D eigenvalue weighted by atomic mass is 9.63. The molecule has 0 bridgehead atoms. The third-order valence-electron chi connectivity index (χ3n) is 6.99. The second-order valence-electron chi connectivity index (χ2n) is 9.97. The van der Waals surface area contributed by atoms with E-state index >= 15 is 0 Å². The van der Waals surface area contributed by atoms with Gasteiger partial charge in [0.2, 0.25) is 0 Å². The van der Waals surface area contributed by atoms with E-state index in [1.54, 1.807) is 0 Å². The van der Waals surface area contributed by atoms with Gasteiger partial charge < -0.3 is 20.2 Å². The summed E-state index contributed by atoms with van der Waals surface area (Å²) in [6.07, 6.45) is 1.98. The van der Waals surface area contributed by atoms with Gasteiger partial charge in [0.1, 0.15) is 17.3 Å². The molecule has 7 heteroatoms. The molecular formula is C27H35NO6. The summed E-state index contributed by atoms with van der Waals surface area (Å²) < 4.78 is 0. The van der Waals surface area contributed by atoms with E-state index in [1.807, 2.05) is 32.0 Å². The van der Waals surface area contributed by atoms with E-state index in [0.29, 0.717) is 31.2 Å². The number of aryl methyl sites for hydroxylation is 1. The Morgan fingerprint density at radius 3 is 2.44 bits per heavy atom. The maximum atomic E-state index is 13.6. The van der Waals surface area contributed by atoms with Crippen LogP contribution in [0.5, 0.6) is 5.75 Å². The number of nitrogens with zero attached hydrogens (tertiary/aromatic N) is 1. The quantitative estimate of drug-likeness (QED) is 0.374. The number of carbonyl (C=O) groups is 3. The van der Waals surface area contributed by atoms with E-state index in [4.69, 9.17) is 0 Å². The minimum absolute atomic E-state index is 0.0535. The second-order valence-corrected chi connectivity index (χ2v) is 9.97. The molecule has 1 aromatic rings. The Morgan fingerprint density at radius 2 is 1.88 bits per heavy atom. The highest BCUT2D eigenvalue weighted by molar-refractivity contribution is 6.17. The molecule has 0 radical (unpaired) electrons. The van der Waals surface area contributed by atoms with Crippen LogP contribution < -0.4 is 4.90 Å². The number of allylic oxidation sites excluding steroid dienone is 2. The highest BCUT2D eigenvalue weighted by Gasteiger charge is 2.47. The van der Waals surface area contributed by atoms with Crippen LogP contribution in [0.3, 0.4) is 0 Å². The normalized spacial score (nSPS) is 21.7. The largest absolute Gasteiger partial charge is 0.507 e. The molecule has 0 spiro atoms. The third kappa shape index (κ3) is 4.80. The third-order valence-corrected chi connectivity index (χ3v) is 6.99. The lowest BCUT2D eigenvalue weighted by Gasteiger charge is -2.40. The standard InChI is InChI=1S/C27H35NO6/c1-14(2)6-7-17-13-20(28(4)5)19-12-18-11-16(8-9-29)22(21(31)10-15(3)30)26(33)23(18)27(34)24(19)25(17)32/h13,16,18,22,29,32,34H,1,6-12H2,2-5H3. The van der Waals surface area contributed by atoms with Crippen LogP contribution in [0, 0.1) is 17.8 Å². The summed E-state index contributed by atoms with van der Waals surface area (Å²) in [5.74, 6) is -3.45. The molecule has 0 heterocycles. The number of ketones is 3. The van der Waals surface area contributed by atoms with E-state index < -0.39 is 23.4 Å².